The van der Waals surface area contributed by atoms with Gasteiger partial charge in [0, 0.05) is 12.1 Å². The van der Waals surface area contributed by atoms with Gasteiger partial charge in [0.05, 0.1) is 22.6 Å². The summed E-state index contributed by atoms with van der Waals surface area (Å²) < 4.78 is 34.3. The molecule has 1 atom stereocenters. The number of nitro benzene ring substituents is 1. The van der Waals surface area contributed by atoms with E-state index in [1.807, 2.05) is 0 Å². The highest BCUT2D eigenvalue weighted by atomic mass is 32.2. The van der Waals surface area contributed by atoms with Crippen LogP contribution in [0.2, 0.25) is 0 Å². The normalized spacial score (nSPS) is 12.5. The molecule has 0 saturated carbocycles. The summed E-state index contributed by atoms with van der Waals surface area (Å²) >= 11 is 0. The van der Waals surface area contributed by atoms with Crippen LogP contribution >= 0.6 is 0 Å². The van der Waals surface area contributed by atoms with E-state index < -0.39 is 26.7 Å². The first-order valence-corrected chi connectivity index (χ1v) is 9.60. The summed E-state index contributed by atoms with van der Waals surface area (Å²) in [5, 5.41) is 15.2. The van der Waals surface area contributed by atoms with Gasteiger partial charge in [-0.3, -0.25) is 10.1 Å². The molecule has 3 aromatic rings. The molecule has 1 N–H and O–H groups in total. The predicted octanol–water partition coefficient (Wildman–Crippen LogP) is 2.22. The van der Waals surface area contributed by atoms with Crippen molar-refractivity contribution in [1.82, 2.24) is 19.5 Å². The molecule has 0 saturated heterocycles. The van der Waals surface area contributed by atoms with Gasteiger partial charge >= 0.3 is 5.69 Å². The molecule has 0 radical (unpaired) electrons. The first-order chi connectivity index (χ1) is 13.3. The lowest BCUT2D eigenvalue weighted by molar-refractivity contribution is -0.386. The summed E-state index contributed by atoms with van der Waals surface area (Å²) in [5.74, 6) is -0.0132. The quantitative estimate of drug-likeness (QED) is 0.473. The fraction of sp³-hybridized carbons (Fsp3) is 0.176. The van der Waals surface area contributed by atoms with Crippen molar-refractivity contribution in [1.29, 1.82) is 0 Å². The van der Waals surface area contributed by atoms with Gasteiger partial charge in [0.15, 0.2) is 5.75 Å². The van der Waals surface area contributed by atoms with E-state index in [2.05, 4.69) is 14.8 Å². The minimum atomic E-state index is -3.98. The summed E-state index contributed by atoms with van der Waals surface area (Å²) in [6.07, 6.45) is 2.97. The van der Waals surface area contributed by atoms with Crippen LogP contribution in [-0.2, 0) is 10.0 Å². The predicted molar refractivity (Wildman–Crippen MR) is 99.7 cm³/mol. The van der Waals surface area contributed by atoms with Crippen LogP contribution in [0, 0.1) is 10.1 Å². The second kappa shape index (κ2) is 7.74. The van der Waals surface area contributed by atoms with Gasteiger partial charge in [0.2, 0.25) is 10.0 Å². The fourth-order valence-electron chi connectivity index (χ4n) is 2.61. The van der Waals surface area contributed by atoms with Crippen LogP contribution in [0.4, 0.5) is 5.69 Å². The molecule has 3 rings (SSSR count). The number of aromatic nitrogens is 3. The lowest BCUT2D eigenvalue weighted by Gasteiger charge is -2.15. The third-order valence-corrected chi connectivity index (χ3v) is 5.60. The van der Waals surface area contributed by atoms with E-state index in [9.17, 15) is 18.5 Å². The summed E-state index contributed by atoms with van der Waals surface area (Å²) in [7, 11) is -2.70. The van der Waals surface area contributed by atoms with Crippen molar-refractivity contribution >= 4 is 15.7 Å². The molecule has 1 aromatic heterocycles. The number of methoxy groups -OCH3 is 1. The molecule has 1 heterocycles. The monoisotopic (exact) mass is 403 g/mol. The van der Waals surface area contributed by atoms with E-state index in [-0.39, 0.29) is 10.6 Å². The van der Waals surface area contributed by atoms with Gasteiger partial charge < -0.3 is 4.74 Å². The number of rotatable bonds is 7. The van der Waals surface area contributed by atoms with E-state index in [1.165, 1.54) is 25.6 Å². The highest BCUT2D eigenvalue weighted by molar-refractivity contribution is 7.89. The van der Waals surface area contributed by atoms with Gasteiger partial charge in [-0.25, -0.2) is 22.8 Å². The first-order valence-electron chi connectivity index (χ1n) is 8.11. The summed E-state index contributed by atoms with van der Waals surface area (Å²) in [4.78, 5) is 14.1. The molecule has 0 aliphatic rings. The van der Waals surface area contributed by atoms with Crippen LogP contribution in [0.25, 0.3) is 5.69 Å². The third-order valence-electron chi connectivity index (χ3n) is 4.07. The minimum absolute atomic E-state index is 0.0132. The zero-order valence-corrected chi connectivity index (χ0v) is 15.8. The van der Waals surface area contributed by atoms with Crippen molar-refractivity contribution in [3.8, 4) is 11.4 Å². The second-order valence-electron chi connectivity index (χ2n) is 5.87. The van der Waals surface area contributed by atoms with E-state index in [0.29, 0.717) is 0 Å². The van der Waals surface area contributed by atoms with Crippen LogP contribution in [-0.4, -0.2) is 35.2 Å². The van der Waals surface area contributed by atoms with Crippen LogP contribution in [0.5, 0.6) is 5.75 Å². The topological polar surface area (TPSA) is 129 Å². The molecular formula is C17H17N5O5S. The molecule has 0 spiro atoms. The van der Waals surface area contributed by atoms with Crippen LogP contribution in [0.15, 0.2) is 60.0 Å². The number of nitrogens with one attached hydrogen (secondary N) is 1. The van der Waals surface area contributed by atoms with Crippen molar-refractivity contribution in [3.05, 3.63) is 70.8 Å². The second-order valence-corrected chi connectivity index (χ2v) is 7.58. The molecule has 0 amide bonds. The number of ether oxygens (including phenoxy) is 1. The van der Waals surface area contributed by atoms with Crippen molar-refractivity contribution in [3.63, 3.8) is 0 Å². The Kier molecular flexibility index (Phi) is 5.38. The maximum atomic E-state index is 12.6. The molecule has 10 nitrogen and oxygen atoms in total. The Bertz CT molecular complexity index is 1080. The zero-order chi connectivity index (χ0) is 20.3. The van der Waals surface area contributed by atoms with Crippen LogP contribution in [0.1, 0.15) is 18.5 Å². The Morgan fingerprint density at radius 1 is 1.21 bits per heavy atom. The minimum Gasteiger partial charge on any atom is -0.490 e. The third kappa shape index (κ3) is 4.00. The van der Waals surface area contributed by atoms with Crippen molar-refractivity contribution < 1.29 is 18.1 Å². The summed E-state index contributed by atoms with van der Waals surface area (Å²) in [5.41, 5.74) is 1.08. The van der Waals surface area contributed by atoms with Gasteiger partial charge in [-0.15, -0.1) is 0 Å². The number of benzene rings is 2. The highest BCUT2D eigenvalue weighted by Gasteiger charge is 2.23. The lowest BCUT2D eigenvalue weighted by Crippen LogP contribution is -2.27. The number of nitro groups is 1. The van der Waals surface area contributed by atoms with Gasteiger partial charge in [-0.2, -0.15) is 5.10 Å². The van der Waals surface area contributed by atoms with Gasteiger partial charge in [-0.05, 0) is 36.8 Å². The molecule has 0 bridgehead atoms. The number of hydrogen-bond acceptors (Lipinski definition) is 7. The van der Waals surface area contributed by atoms with Crippen LogP contribution in [0.3, 0.4) is 0 Å². The number of nitrogens with zero attached hydrogens (tertiary/aromatic N) is 4. The Morgan fingerprint density at radius 2 is 1.93 bits per heavy atom. The maximum absolute atomic E-state index is 12.6. The Balaban J connectivity index is 1.82. The summed E-state index contributed by atoms with van der Waals surface area (Å²) in [6, 6.07) is 10.0. The zero-order valence-electron chi connectivity index (χ0n) is 15.0. The molecule has 2 aromatic carbocycles. The molecule has 11 heteroatoms. The molecule has 1 unspecified atom stereocenters. The van der Waals surface area contributed by atoms with Crippen LogP contribution < -0.4 is 9.46 Å². The van der Waals surface area contributed by atoms with E-state index in [0.717, 1.165) is 17.3 Å². The number of sulfonamides is 1. The average Bonchev–Trinajstić information content (AvgIpc) is 3.22. The standard InChI is InChI=1S/C17H17N5O5S/c1-12(13-3-5-14(6-4-13)21-11-18-10-19-21)20-28(25,26)15-7-8-17(27-2)16(9-15)22(23)24/h3-12,20H,1-2H3. The maximum Gasteiger partial charge on any atom is 0.312 e. The van der Waals surface area contributed by atoms with Crippen molar-refractivity contribution in [2.45, 2.75) is 17.9 Å². The smallest absolute Gasteiger partial charge is 0.312 e. The highest BCUT2D eigenvalue weighted by Crippen LogP contribution is 2.30. The molecule has 0 aliphatic heterocycles. The Morgan fingerprint density at radius 3 is 2.50 bits per heavy atom. The molecule has 0 fully saturated rings. The Labute approximate surface area is 161 Å². The van der Waals surface area contributed by atoms with E-state index in [1.54, 1.807) is 42.2 Å². The SMILES string of the molecule is COc1ccc(S(=O)(=O)NC(C)c2ccc(-n3cncn3)cc2)cc1[N+](=O)[O-]. The van der Waals surface area contributed by atoms with Crippen molar-refractivity contribution in [2.24, 2.45) is 0 Å². The fourth-order valence-corrected chi connectivity index (χ4v) is 3.86. The Hall–Kier alpha value is -3.31. The average molecular weight is 403 g/mol. The van der Waals surface area contributed by atoms with E-state index >= 15 is 0 Å². The molecule has 28 heavy (non-hydrogen) atoms. The summed E-state index contributed by atoms with van der Waals surface area (Å²) in [6.45, 7) is 1.68. The van der Waals surface area contributed by atoms with Crippen molar-refractivity contribution in [2.75, 3.05) is 7.11 Å². The van der Waals surface area contributed by atoms with Gasteiger partial charge in [-0.1, -0.05) is 12.1 Å². The largest absolute Gasteiger partial charge is 0.490 e. The number of hydrogen-bond donors (Lipinski definition) is 1. The van der Waals surface area contributed by atoms with E-state index in [4.69, 9.17) is 4.74 Å². The molecule has 0 aliphatic carbocycles. The first kappa shape index (κ1) is 19.5. The van der Waals surface area contributed by atoms with Gasteiger partial charge in [0.25, 0.3) is 0 Å². The lowest BCUT2D eigenvalue weighted by atomic mass is 10.1. The molecular weight excluding hydrogens is 386 g/mol. The molecule has 146 valence electrons. The van der Waals surface area contributed by atoms with Gasteiger partial charge in [0.1, 0.15) is 12.7 Å².